The molecule has 0 radical (unpaired) electrons. The highest BCUT2D eigenvalue weighted by Crippen LogP contribution is 2.23. The summed E-state index contributed by atoms with van der Waals surface area (Å²) in [5, 5.41) is 9.03. The Bertz CT molecular complexity index is 432. The van der Waals surface area contributed by atoms with Gasteiger partial charge in [-0.05, 0) is 18.4 Å². The molecule has 0 atom stereocenters. The minimum atomic E-state index is 0.527. The van der Waals surface area contributed by atoms with Crippen molar-refractivity contribution in [3.8, 4) is 11.9 Å². The van der Waals surface area contributed by atoms with Gasteiger partial charge in [0.15, 0.2) is 0 Å². The number of benzene rings is 1. The van der Waals surface area contributed by atoms with Crippen LogP contribution in [0.5, 0.6) is 5.75 Å². The molecule has 0 heterocycles. The van der Waals surface area contributed by atoms with Gasteiger partial charge in [-0.2, -0.15) is 10.3 Å². The van der Waals surface area contributed by atoms with E-state index in [1.54, 1.807) is 12.3 Å². The number of nitriles is 1. The summed E-state index contributed by atoms with van der Waals surface area (Å²) in [7, 11) is 0. The highest BCUT2D eigenvalue weighted by molar-refractivity contribution is 8.38. The van der Waals surface area contributed by atoms with Crippen molar-refractivity contribution >= 4 is 39.5 Å². The number of halogens is 1. The van der Waals surface area contributed by atoms with Gasteiger partial charge >= 0.3 is 0 Å². The van der Waals surface area contributed by atoms with Crippen molar-refractivity contribution in [2.75, 3.05) is 18.6 Å². The van der Waals surface area contributed by atoms with Crippen molar-refractivity contribution in [3.05, 3.63) is 29.3 Å². The van der Waals surface area contributed by atoms with Crippen LogP contribution in [-0.4, -0.2) is 23.0 Å². The van der Waals surface area contributed by atoms with Crippen molar-refractivity contribution in [1.82, 2.24) is 0 Å². The number of rotatable bonds is 4. The van der Waals surface area contributed by atoms with Crippen LogP contribution in [0.15, 0.2) is 29.3 Å². The van der Waals surface area contributed by atoms with Crippen LogP contribution in [0.4, 0.5) is 0 Å². The van der Waals surface area contributed by atoms with Gasteiger partial charge in [0.1, 0.15) is 10.1 Å². The van der Waals surface area contributed by atoms with E-state index in [0.717, 1.165) is 10.1 Å². The molecule has 3 nitrogen and oxygen atoms in total. The predicted molar refractivity (Wildman–Crippen MR) is 76.0 cm³/mol. The summed E-state index contributed by atoms with van der Waals surface area (Å²) < 4.78 is 6.26. The Labute approximate surface area is 114 Å². The Morgan fingerprint density at radius 3 is 2.94 bits per heavy atom. The van der Waals surface area contributed by atoms with Crippen LogP contribution in [0, 0.1) is 11.5 Å². The van der Waals surface area contributed by atoms with Crippen LogP contribution in [0.3, 0.4) is 0 Å². The zero-order chi connectivity index (χ0) is 12.5. The summed E-state index contributed by atoms with van der Waals surface area (Å²) in [6.07, 6.45) is 3.66. The third-order valence-corrected chi connectivity index (χ3v) is 4.03. The molecule has 0 amide bonds. The Balaban J connectivity index is 2.32. The van der Waals surface area contributed by atoms with Crippen molar-refractivity contribution in [3.63, 3.8) is 0 Å². The molecule has 6 heteroatoms. The fourth-order valence-electron chi connectivity index (χ4n) is 1.02. The van der Waals surface area contributed by atoms with E-state index in [1.165, 1.54) is 23.5 Å². The molecule has 1 rings (SSSR count). The maximum absolute atomic E-state index is 8.43. The topological polar surface area (TPSA) is 45.4 Å². The van der Waals surface area contributed by atoms with Crippen molar-refractivity contribution in [2.45, 2.75) is 0 Å². The van der Waals surface area contributed by atoms with E-state index >= 15 is 0 Å². The number of nitrogens with zero attached hydrogens (tertiary/aromatic N) is 2. The minimum absolute atomic E-state index is 0.527. The SMILES string of the molecule is CSC(=NC#N)SCCOc1ccccc1Cl. The molecule has 90 valence electrons. The van der Waals surface area contributed by atoms with Crippen molar-refractivity contribution < 1.29 is 4.74 Å². The molecule has 0 fully saturated rings. The standard InChI is InChI=1S/C11H11ClN2OS2/c1-16-11(14-8-13)17-7-6-15-10-5-3-2-4-9(10)12/h2-5H,6-7H2,1H3. The molecule has 1 aromatic rings. The second-order valence-corrected chi connectivity index (χ2v) is 5.35. The van der Waals surface area contributed by atoms with Gasteiger partial charge in [-0.1, -0.05) is 35.5 Å². The van der Waals surface area contributed by atoms with E-state index in [9.17, 15) is 0 Å². The fraction of sp³-hybridized carbons (Fsp3) is 0.273. The van der Waals surface area contributed by atoms with Gasteiger partial charge in [-0.3, -0.25) is 0 Å². The van der Waals surface area contributed by atoms with E-state index in [0.29, 0.717) is 17.4 Å². The zero-order valence-electron chi connectivity index (χ0n) is 9.22. The van der Waals surface area contributed by atoms with E-state index in [2.05, 4.69) is 4.99 Å². The van der Waals surface area contributed by atoms with Crippen LogP contribution in [0.25, 0.3) is 0 Å². The fourth-order valence-corrected chi connectivity index (χ4v) is 2.51. The van der Waals surface area contributed by atoms with E-state index in [1.807, 2.05) is 24.5 Å². The molecule has 0 unspecified atom stereocenters. The summed E-state index contributed by atoms with van der Waals surface area (Å²) >= 11 is 8.89. The van der Waals surface area contributed by atoms with Crippen molar-refractivity contribution in [1.29, 1.82) is 5.26 Å². The number of hydrogen-bond donors (Lipinski definition) is 0. The lowest BCUT2D eigenvalue weighted by Crippen LogP contribution is -2.02. The molecular formula is C11H11ClN2OS2. The lowest BCUT2D eigenvalue weighted by Gasteiger charge is -2.07. The Hall–Kier alpha value is -0.830. The summed E-state index contributed by atoms with van der Waals surface area (Å²) in [6.45, 7) is 0.527. The Kier molecular flexibility index (Phi) is 6.94. The second-order valence-electron chi connectivity index (χ2n) is 2.81. The van der Waals surface area contributed by atoms with Crippen LogP contribution in [0.2, 0.25) is 5.02 Å². The zero-order valence-corrected chi connectivity index (χ0v) is 11.6. The van der Waals surface area contributed by atoms with Gasteiger partial charge in [0.2, 0.25) is 6.19 Å². The lowest BCUT2D eigenvalue weighted by molar-refractivity contribution is 0.344. The monoisotopic (exact) mass is 286 g/mol. The van der Waals surface area contributed by atoms with Crippen LogP contribution < -0.4 is 4.74 Å². The lowest BCUT2D eigenvalue weighted by atomic mass is 10.3. The molecule has 0 aliphatic carbocycles. The summed E-state index contributed by atoms with van der Waals surface area (Å²) in [5.74, 6) is 1.41. The van der Waals surface area contributed by atoms with Gasteiger partial charge in [0, 0.05) is 5.75 Å². The third-order valence-electron chi connectivity index (χ3n) is 1.72. The van der Waals surface area contributed by atoms with Gasteiger partial charge in [-0.15, -0.1) is 11.8 Å². The quantitative estimate of drug-likeness (QED) is 0.367. The smallest absolute Gasteiger partial charge is 0.207 e. The molecule has 0 saturated carbocycles. The van der Waals surface area contributed by atoms with Crippen LogP contribution in [0.1, 0.15) is 0 Å². The predicted octanol–water partition coefficient (Wildman–Crippen LogP) is 3.65. The van der Waals surface area contributed by atoms with Crippen LogP contribution >= 0.6 is 35.1 Å². The van der Waals surface area contributed by atoms with Gasteiger partial charge in [0.05, 0.1) is 11.6 Å². The number of hydrogen-bond acceptors (Lipinski definition) is 5. The molecule has 0 aliphatic rings. The van der Waals surface area contributed by atoms with E-state index < -0.39 is 0 Å². The Morgan fingerprint density at radius 2 is 2.29 bits per heavy atom. The molecule has 0 saturated heterocycles. The maximum atomic E-state index is 8.43. The number of ether oxygens (including phenoxy) is 1. The highest BCUT2D eigenvalue weighted by Gasteiger charge is 2.01. The van der Waals surface area contributed by atoms with E-state index in [-0.39, 0.29) is 0 Å². The van der Waals surface area contributed by atoms with Crippen molar-refractivity contribution in [2.24, 2.45) is 4.99 Å². The summed E-state index contributed by atoms with van der Waals surface area (Å²) in [6, 6.07) is 7.34. The van der Waals surface area contributed by atoms with Gasteiger partial charge < -0.3 is 4.74 Å². The second kappa shape index (κ2) is 8.29. The number of thioether (sulfide) groups is 2. The number of aliphatic imine (C=N–C) groups is 1. The molecule has 17 heavy (non-hydrogen) atoms. The molecule has 0 N–H and O–H groups in total. The first-order valence-electron chi connectivity index (χ1n) is 4.79. The average molecular weight is 287 g/mol. The molecule has 0 aromatic heterocycles. The first kappa shape index (κ1) is 14.2. The number of para-hydroxylation sites is 1. The average Bonchev–Trinajstić information content (AvgIpc) is 2.35. The molecule has 0 aliphatic heterocycles. The van der Waals surface area contributed by atoms with Gasteiger partial charge in [-0.25, -0.2) is 0 Å². The molecule has 0 bridgehead atoms. The maximum Gasteiger partial charge on any atom is 0.207 e. The first-order valence-corrected chi connectivity index (χ1v) is 7.37. The van der Waals surface area contributed by atoms with E-state index in [4.69, 9.17) is 21.6 Å². The van der Waals surface area contributed by atoms with Crippen LogP contribution in [-0.2, 0) is 0 Å². The third kappa shape index (κ3) is 5.35. The molecule has 1 aromatic carbocycles. The van der Waals surface area contributed by atoms with Gasteiger partial charge in [0.25, 0.3) is 0 Å². The first-order chi connectivity index (χ1) is 8.27. The normalized spacial score (nSPS) is 11.0. The summed E-state index contributed by atoms with van der Waals surface area (Å²) in [4.78, 5) is 3.67. The largest absolute Gasteiger partial charge is 0.491 e. The summed E-state index contributed by atoms with van der Waals surface area (Å²) in [5.41, 5.74) is 0. The Morgan fingerprint density at radius 1 is 1.53 bits per heavy atom. The minimum Gasteiger partial charge on any atom is -0.491 e. The molecular weight excluding hydrogens is 276 g/mol. The molecule has 0 spiro atoms. The highest BCUT2D eigenvalue weighted by atomic mass is 35.5.